The predicted molar refractivity (Wildman–Crippen MR) is 60.2 cm³/mol. The second-order valence-corrected chi connectivity index (χ2v) is 5.88. The van der Waals surface area contributed by atoms with Gasteiger partial charge in [0, 0.05) is 6.54 Å². The van der Waals surface area contributed by atoms with Crippen molar-refractivity contribution in [3.8, 4) is 0 Å². The Bertz CT molecular complexity index is 200. The van der Waals surface area contributed by atoms with Crippen molar-refractivity contribution < 1.29 is 4.74 Å². The van der Waals surface area contributed by atoms with Crippen molar-refractivity contribution in [3.63, 3.8) is 0 Å². The molecule has 14 heavy (non-hydrogen) atoms. The van der Waals surface area contributed by atoms with Gasteiger partial charge in [-0.05, 0) is 38.0 Å². The summed E-state index contributed by atoms with van der Waals surface area (Å²) in [6.07, 6.45) is 2.59. The molecule has 1 aliphatic rings. The van der Waals surface area contributed by atoms with Crippen molar-refractivity contribution >= 4 is 0 Å². The summed E-state index contributed by atoms with van der Waals surface area (Å²) in [5, 5.41) is 0. The van der Waals surface area contributed by atoms with Gasteiger partial charge in [-0.3, -0.25) is 0 Å². The van der Waals surface area contributed by atoms with Crippen molar-refractivity contribution in [2.24, 2.45) is 17.1 Å². The minimum absolute atomic E-state index is 0.0718. The van der Waals surface area contributed by atoms with Crippen LogP contribution in [0.15, 0.2) is 0 Å². The molecule has 0 aliphatic heterocycles. The number of nitrogens with two attached hydrogens (primary N) is 1. The van der Waals surface area contributed by atoms with Gasteiger partial charge in [-0.2, -0.15) is 0 Å². The lowest BCUT2D eigenvalue weighted by Crippen LogP contribution is -2.45. The first-order chi connectivity index (χ1) is 6.31. The molecule has 0 aromatic carbocycles. The fraction of sp³-hybridized carbons (Fsp3) is 1.00. The molecule has 0 spiro atoms. The van der Waals surface area contributed by atoms with Gasteiger partial charge in [0.05, 0.1) is 11.7 Å². The normalized spacial score (nSPS) is 36.6. The van der Waals surface area contributed by atoms with Gasteiger partial charge in [-0.1, -0.05) is 20.8 Å². The summed E-state index contributed by atoms with van der Waals surface area (Å²) in [6, 6.07) is 0. The Balaban J connectivity index is 2.79. The molecule has 0 bridgehead atoms. The SMILES string of the molecule is CC(C)OC1(CN)CC(C)(C)CC1C. The molecule has 1 rings (SSSR count). The number of hydrogen-bond acceptors (Lipinski definition) is 2. The Labute approximate surface area is 88.2 Å². The molecule has 84 valence electrons. The Morgan fingerprint density at radius 2 is 2.00 bits per heavy atom. The van der Waals surface area contributed by atoms with Crippen molar-refractivity contribution in [1.82, 2.24) is 0 Å². The molecule has 0 amide bonds. The standard InChI is InChI=1S/C12H25NO/c1-9(2)14-12(8-13)7-11(4,5)6-10(12)3/h9-10H,6-8,13H2,1-5H3. The lowest BCUT2D eigenvalue weighted by atomic mass is 9.89. The summed E-state index contributed by atoms with van der Waals surface area (Å²) in [5.74, 6) is 0.574. The first-order valence-electron chi connectivity index (χ1n) is 5.69. The third kappa shape index (κ3) is 2.29. The van der Waals surface area contributed by atoms with Crippen LogP contribution in [0.25, 0.3) is 0 Å². The third-order valence-electron chi connectivity index (χ3n) is 3.35. The summed E-state index contributed by atoms with van der Waals surface area (Å²) in [6.45, 7) is 11.7. The monoisotopic (exact) mass is 199 g/mol. The first-order valence-corrected chi connectivity index (χ1v) is 5.69. The highest BCUT2D eigenvalue weighted by Crippen LogP contribution is 2.49. The predicted octanol–water partition coefficient (Wildman–Crippen LogP) is 2.57. The molecule has 1 saturated carbocycles. The first kappa shape index (κ1) is 12.0. The molecular formula is C12H25NO. The maximum absolute atomic E-state index is 6.07. The van der Waals surface area contributed by atoms with E-state index >= 15 is 0 Å². The highest BCUT2D eigenvalue weighted by Gasteiger charge is 2.49. The summed E-state index contributed by atoms with van der Waals surface area (Å²) in [4.78, 5) is 0. The van der Waals surface area contributed by atoms with Gasteiger partial charge in [-0.15, -0.1) is 0 Å². The minimum atomic E-state index is -0.0718. The lowest BCUT2D eigenvalue weighted by Gasteiger charge is -2.35. The van der Waals surface area contributed by atoms with E-state index in [2.05, 4.69) is 34.6 Å². The maximum atomic E-state index is 6.07. The molecule has 2 atom stereocenters. The average Bonchev–Trinajstić information content (AvgIpc) is 2.21. The van der Waals surface area contributed by atoms with Crippen LogP contribution in [0.5, 0.6) is 0 Å². The van der Waals surface area contributed by atoms with Gasteiger partial charge >= 0.3 is 0 Å². The second-order valence-electron chi connectivity index (χ2n) is 5.88. The number of rotatable bonds is 3. The molecule has 0 radical (unpaired) electrons. The maximum Gasteiger partial charge on any atom is 0.0838 e. The van der Waals surface area contributed by atoms with E-state index in [1.807, 2.05) is 0 Å². The summed E-state index contributed by atoms with van der Waals surface area (Å²) < 4.78 is 6.07. The fourth-order valence-electron chi connectivity index (χ4n) is 3.02. The van der Waals surface area contributed by atoms with Crippen LogP contribution in [-0.4, -0.2) is 18.2 Å². The Kier molecular flexibility index (Phi) is 3.27. The van der Waals surface area contributed by atoms with Crippen LogP contribution in [0, 0.1) is 11.3 Å². The van der Waals surface area contributed by atoms with E-state index in [1.165, 1.54) is 6.42 Å². The zero-order valence-corrected chi connectivity index (χ0v) is 10.3. The van der Waals surface area contributed by atoms with Crippen molar-refractivity contribution in [3.05, 3.63) is 0 Å². The van der Waals surface area contributed by atoms with E-state index in [9.17, 15) is 0 Å². The van der Waals surface area contributed by atoms with E-state index in [0.717, 1.165) is 6.42 Å². The average molecular weight is 199 g/mol. The molecule has 0 saturated heterocycles. The van der Waals surface area contributed by atoms with Gasteiger partial charge in [0.2, 0.25) is 0 Å². The van der Waals surface area contributed by atoms with Gasteiger partial charge in [0.15, 0.2) is 0 Å². The molecule has 2 nitrogen and oxygen atoms in total. The van der Waals surface area contributed by atoms with Crippen LogP contribution in [0.4, 0.5) is 0 Å². The van der Waals surface area contributed by atoms with Crippen LogP contribution in [0.2, 0.25) is 0 Å². The van der Waals surface area contributed by atoms with E-state index in [0.29, 0.717) is 17.9 Å². The van der Waals surface area contributed by atoms with Gasteiger partial charge < -0.3 is 10.5 Å². The minimum Gasteiger partial charge on any atom is -0.371 e. The Morgan fingerprint density at radius 1 is 1.43 bits per heavy atom. The summed E-state index contributed by atoms with van der Waals surface area (Å²) in [7, 11) is 0. The van der Waals surface area contributed by atoms with E-state index in [-0.39, 0.29) is 11.7 Å². The lowest BCUT2D eigenvalue weighted by molar-refractivity contribution is -0.0965. The molecule has 0 heterocycles. The molecule has 2 N–H and O–H groups in total. The Hall–Kier alpha value is -0.0800. The van der Waals surface area contributed by atoms with E-state index in [4.69, 9.17) is 10.5 Å². The molecule has 0 aromatic rings. The van der Waals surface area contributed by atoms with Crippen LogP contribution in [0.3, 0.4) is 0 Å². The molecule has 1 aliphatic carbocycles. The topological polar surface area (TPSA) is 35.2 Å². The van der Waals surface area contributed by atoms with Gasteiger partial charge in [0.25, 0.3) is 0 Å². The van der Waals surface area contributed by atoms with Crippen LogP contribution in [0.1, 0.15) is 47.5 Å². The number of hydrogen-bond donors (Lipinski definition) is 1. The molecule has 2 unspecified atom stereocenters. The number of ether oxygens (including phenoxy) is 1. The van der Waals surface area contributed by atoms with Gasteiger partial charge in [-0.25, -0.2) is 0 Å². The Morgan fingerprint density at radius 3 is 2.29 bits per heavy atom. The molecular weight excluding hydrogens is 174 g/mol. The molecule has 1 fully saturated rings. The van der Waals surface area contributed by atoms with Crippen LogP contribution in [-0.2, 0) is 4.74 Å². The van der Waals surface area contributed by atoms with Crippen LogP contribution < -0.4 is 5.73 Å². The highest BCUT2D eigenvalue weighted by molar-refractivity contribution is 5.00. The van der Waals surface area contributed by atoms with E-state index < -0.39 is 0 Å². The van der Waals surface area contributed by atoms with E-state index in [1.54, 1.807) is 0 Å². The highest BCUT2D eigenvalue weighted by atomic mass is 16.5. The van der Waals surface area contributed by atoms with Crippen molar-refractivity contribution in [2.45, 2.75) is 59.2 Å². The zero-order valence-electron chi connectivity index (χ0n) is 10.3. The summed E-state index contributed by atoms with van der Waals surface area (Å²) >= 11 is 0. The third-order valence-corrected chi connectivity index (χ3v) is 3.35. The molecule has 0 aromatic heterocycles. The summed E-state index contributed by atoms with van der Waals surface area (Å²) in [5.41, 5.74) is 6.21. The smallest absolute Gasteiger partial charge is 0.0838 e. The largest absolute Gasteiger partial charge is 0.371 e. The molecule has 2 heteroatoms. The fourth-order valence-corrected chi connectivity index (χ4v) is 3.02. The van der Waals surface area contributed by atoms with Crippen molar-refractivity contribution in [1.29, 1.82) is 0 Å². The van der Waals surface area contributed by atoms with Gasteiger partial charge in [0.1, 0.15) is 0 Å². The zero-order chi connectivity index (χ0) is 11.0. The second kappa shape index (κ2) is 3.82. The van der Waals surface area contributed by atoms with Crippen LogP contribution >= 0.6 is 0 Å². The quantitative estimate of drug-likeness (QED) is 0.758. The van der Waals surface area contributed by atoms with Crippen molar-refractivity contribution in [2.75, 3.05) is 6.54 Å².